The standard InChI is InChI=1S/C7H8O3.C3H6/c8-4-5-1-2-6(9)3-7(5)10;1-3-2/h1-3,8-10H,4H2;3H,1H2,2H3. The quantitative estimate of drug-likeness (QED) is 0.580. The minimum atomic E-state index is -0.216. The third-order valence-electron chi connectivity index (χ3n) is 1.24. The summed E-state index contributed by atoms with van der Waals surface area (Å²) in [6.07, 6.45) is 1.75. The monoisotopic (exact) mass is 182 g/mol. The molecule has 0 atom stereocenters. The van der Waals surface area contributed by atoms with Crippen LogP contribution in [0.1, 0.15) is 12.5 Å². The van der Waals surface area contributed by atoms with E-state index in [4.69, 9.17) is 15.3 Å². The molecule has 0 aliphatic carbocycles. The van der Waals surface area contributed by atoms with E-state index >= 15 is 0 Å². The van der Waals surface area contributed by atoms with Crippen LogP contribution in [0, 0.1) is 0 Å². The Hall–Kier alpha value is -1.48. The molecule has 0 bridgehead atoms. The topological polar surface area (TPSA) is 60.7 Å². The van der Waals surface area contributed by atoms with Crippen LogP contribution in [0.3, 0.4) is 0 Å². The van der Waals surface area contributed by atoms with Crippen LogP contribution in [0.15, 0.2) is 30.9 Å². The van der Waals surface area contributed by atoms with Crippen LogP contribution >= 0.6 is 0 Å². The van der Waals surface area contributed by atoms with Crippen molar-refractivity contribution in [2.45, 2.75) is 13.5 Å². The number of aliphatic hydroxyl groups is 1. The van der Waals surface area contributed by atoms with Crippen LogP contribution in [-0.4, -0.2) is 15.3 Å². The first-order valence-corrected chi connectivity index (χ1v) is 3.84. The zero-order valence-electron chi connectivity index (χ0n) is 7.57. The van der Waals surface area contributed by atoms with Crippen molar-refractivity contribution in [1.29, 1.82) is 0 Å². The molecule has 0 spiro atoms. The minimum absolute atomic E-state index is 0.00491. The van der Waals surface area contributed by atoms with Gasteiger partial charge in [-0.05, 0) is 19.1 Å². The second-order valence-corrected chi connectivity index (χ2v) is 2.38. The number of aliphatic hydroxyl groups excluding tert-OH is 1. The van der Waals surface area contributed by atoms with Crippen molar-refractivity contribution in [3.63, 3.8) is 0 Å². The van der Waals surface area contributed by atoms with E-state index in [1.807, 2.05) is 6.92 Å². The molecule has 0 radical (unpaired) electrons. The molecule has 0 saturated heterocycles. The molecule has 0 aliphatic heterocycles. The Labute approximate surface area is 77.6 Å². The van der Waals surface area contributed by atoms with Crippen molar-refractivity contribution < 1.29 is 15.3 Å². The van der Waals surface area contributed by atoms with E-state index < -0.39 is 0 Å². The van der Waals surface area contributed by atoms with Gasteiger partial charge in [0.05, 0.1) is 6.61 Å². The van der Waals surface area contributed by atoms with Crippen LogP contribution in [0.4, 0.5) is 0 Å². The first-order chi connectivity index (χ1) is 6.15. The van der Waals surface area contributed by atoms with Gasteiger partial charge < -0.3 is 15.3 Å². The van der Waals surface area contributed by atoms with Gasteiger partial charge in [-0.1, -0.05) is 6.08 Å². The summed E-state index contributed by atoms with van der Waals surface area (Å²) in [5.74, 6) is -0.0859. The lowest BCUT2D eigenvalue weighted by atomic mass is 10.2. The summed E-state index contributed by atoms with van der Waals surface area (Å²) in [4.78, 5) is 0. The number of phenolic OH excluding ortho intramolecular Hbond substituents is 1. The van der Waals surface area contributed by atoms with Gasteiger partial charge >= 0.3 is 0 Å². The Morgan fingerprint density at radius 2 is 1.92 bits per heavy atom. The predicted molar refractivity (Wildman–Crippen MR) is 51.6 cm³/mol. The first-order valence-electron chi connectivity index (χ1n) is 3.84. The number of hydrogen-bond acceptors (Lipinski definition) is 3. The molecule has 0 amide bonds. The molecule has 1 rings (SSSR count). The summed E-state index contributed by atoms with van der Waals surface area (Å²) < 4.78 is 0. The summed E-state index contributed by atoms with van der Waals surface area (Å²) >= 11 is 0. The molecule has 3 heteroatoms. The maximum atomic E-state index is 8.97. The number of benzene rings is 1. The number of rotatable bonds is 1. The smallest absolute Gasteiger partial charge is 0.124 e. The highest BCUT2D eigenvalue weighted by molar-refractivity contribution is 5.38. The fourth-order valence-corrected chi connectivity index (χ4v) is 0.686. The second kappa shape index (κ2) is 6.08. The van der Waals surface area contributed by atoms with Crippen LogP contribution in [-0.2, 0) is 6.61 Å². The normalized spacial score (nSPS) is 8.46. The molecule has 72 valence electrons. The maximum absolute atomic E-state index is 8.97. The molecule has 0 heterocycles. The van der Waals surface area contributed by atoms with Gasteiger partial charge in [0.2, 0.25) is 0 Å². The van der Waals surface area contributed by atoms with Gasteiger partial charge in [0.15, 0.2) is 0 Å². The average molecular weight is 182 g/mol. The Balaban J connectivity index is 0.000000424. The largest absolute Gasteiger partial charge is 0.508 e. The second-order valence-electron chi connectivity index (χ2n) is 2.38. The van der Waals surface area contributed by atoms with Gasteiger partial charge in [-0.25, -0.2) is 0 Å². The van der Waals surface area contributed by atoms with Gasteiger partial charge in [-0.3, -0.25) is 0 Å². The molecule has 1 aromatic rings. The number of aromatic hydroxyl groups is 2. The number of hydrogen-bond donors (Lipinski definition) is 3. The third-order valence-corrected chi connectivity index (χ3v) is 1.24. The molecule has 1 aromatic carbocycles. The van der Waals surface area contributed by atoms with E-state index in [2.05, 4.69) is 6.58 Å². The summed E-state index contributed by atoms with van der Waals surface area (Å²) in [5, 5.41) is 26.3. The van der Waals surface area contributed by atoms with Crippen LogP contribution in [0.5, 0.6) is 11.5 Å². The van der Waals surface area contributed by atoms with E-state index in [1.54, 1.807) is 6.08 Å². The fraction of sp³-hybridized carbons (Fsp3) is 0.200. The summed E-state index contributed by atoms with van der Waals surface area (Å²) in [6, 6.07) is 4.06. The van der Waals surface area contributed by atoms with Gasteiger partial charge in [0.1, 0.15) is 11.5 Å². The molecule has 0 fully saturated rings. The lowest BCUT2D eigenvalue weighted by molar-refractivity contribution is 0.275. The van der Waals surface area contributed by atoms with Crippen molar-refractivity contribution >= 4 is 0 Å². The molecule has 3 nitrogen and oxygen atoms in total. The SMILES string of the molecule is C=CC.OCc1ccc(O)cc1O. The Bertz CT molecular complexity index is 269. The van der Waals surface area contributed by atoms with E-state index in [0.717, 1.165) is 0 Å². The van der Waals surface area contributed by atoms with Crippen molar-refractivity contribution in [3.8, 4) is 11.5 Å². The lowest BCUT2D eigenvalue weighted by Crippen LogP contribution is -1.82. The third kappa shape index (κ3) is 4.18. The molecule has 0 saturated carbocycles. The molecule has 3 N–H and O–H groups in total. The van der Waals surface area contributed by atoms with Crippen molar-refractivity contribution in [2.75, 3.05) is 0 Å². The highest BCUT2D eigenvalue weighted by Crippen LogP contribution is 2.21. The van der Waals surface area contributed by atoms with E-state index in [0.29, 0.717) is 5.56 Å². The molecular formula is C10H14O3. The van der Waals surface area contributed by atoms with Crippen LogP contribution < -0.4 is 0 Å². The van der Waals surface area contributed by atoms with Gasteiger partial charge in [-0.15, -0.1) is 6.58 Å². The Morgan fingerprint density at radius 1 is 1.38 bits per heavy atom. The van der Waals surface area contributed by atoms with E-state index in [1.165, 1.54) is 18.2 Å². The Kier molecular flexibility index (Phi) is 5.39. The highest BCUT2D eigenvalue weighted by Gasteiger charge is 1.98. The maximum Gasteiger partial charge on any atom is 0.124 e. The van der Waals surface area contributed by atoms with Crippen molar-refractivity contribution in [3.05, 3.63) is 36.4 Å². The first kappa shape index (κ1) is 11.5. The minimum Gasteiger partial charge on any atom is -0.508 e. The molecular weight excluding hydrogens is 168 g/mol. The van der Waals surface area contributed by atoms with E-state index in [-0.39, 0.29) is 18.1 Å². The summed E-state index contributed by atoms with van der Waals surface area (Å²) in [6.45, 7) is 5.03. The molecule has 0 aliphatic rings. The van der Waals surface area contributed by atoms with Crippen LogP contribution in [0.2, 0.25) is 0 Å². The predicted octanol–water partition coefficient (Wildman–Crippen LogP) is 1.78. The zero-order valence-corrected chi connectivity index (χ0v) is 7.57. The molecule has 0 unspecified atom stereocenters. The van der Waals surface area contributed by atoms with Crippen molar-refractivity contribution in [1.82, 2.24) is 0 Å². The Morgan fingerprint density at radius 3 is 2.31 bits per heavy atom. The fourth-order valence-electron chi connectivity index (χ4n) is 0.686. The van der Waals surface area contributed by atoms with Gasteiger partial charge in [-0.2, -0.15) is 0 Å². The summed E-state index contributed by atoms with van der Waals surface area (Å²) in [5.41, 5.74) is 0.415. The summed E-state index contributed by atoms with van der Waals surface area (Å²) in [7, 11) is 0. The van der Waals surface area contributed by atoms with Crippen molar-refractivity contribution in [2.24, 2.45) is 0 Å². The number of allylic oxidation sites excluding steroid dienone is 1. The van der Waals surface area contributed by atoms with Gasteiger partial charge in [0.25, 0.3) is 0 Å². The highest BCUT2D eigenvalue weighted by atomic mass is 16.3. The zero-order chi connectivity index (χ0) is 10.3. The molecule has 0 aromatic heterocycles. The van der Waals surface area contributed by atoms with Crippen LogP contribution in [0.25, 0.3) is 0 Å². The van der Waals surface area contributed by atoms with E-state index in [9.17, 15) is 0 Å². The average Bonchev–Trinajstić information content (AvgIpc) is 2.06. The van der Waals surface area contributed by atoms with Gasteiger partial charge in [0, 0.05) is 11.6 Å². The number of phenols is 2. The molecule has 13 heavy (non-hydrogen) atoms. The lowest BCUT2D eigenvalue weighted by Gasteiger charge is -1.99.